The van der Waals surface area contributed by atoms with Gasteiger partial charge in [0.15, 0.2) is 0 Å². The Hall–Kier alpha value is -1.29. The van der Waals surface area contributed by atoms with Crippen LogP contribution in [-0.4, -0.2) is 23.9 Å². The molecule has 0 saturated carbocycles. The van der Waals surface area contributed by atoms with Gasteiger partial charge in [0.1, 0.15) is 5.76 Å². The Morgan fingerprint density at radius 1 is 1.44 bits per heavy atom. The van der Waals surface area contributed by atoms with Crippen LogP contribution in [0.5, 0.6) is 0 Å². The Morgan fingerprint density at radius 2 is 2.19 bits per heavy atom. The fraction of sp³-hybridized carbons (Fsp3) is 0.583. The van der Waals surface area contributed by atoms with Gasteiger partial charge in [0.2, 0.25) is 5.91 Å². The van der Waals surface area contributed by atoms with E-state index in [1.807, 2.05) is 11.0 Å². The minimum absolute atomic E-state index is 0.142. The largest absolute Gasteiger partial charge is 0.468 e. The second kappa shape index (κ2) is 5.16. The van der Waals surface area contributed by atoms with Crippen LogP contribution >= 0.6 is 0 Å². The van der Waals surface area contributed by atoms with Crippen LogP contribution in [0.15, 0.2) is 22.8 Å². The van der Waals surface area contributed by atoms with E-state index < -0.39 is 0 Å². The Bertz CT molecular complexity index is 329. The van der Waals surface area contributed by atoms with Gasteiger partial charge in [-0.05, 0) is 31.4 Å². The molecule has 1 atom stereocenters. The minimum Gasteiger partial charge on any atom is -0.468 e. The van der Waals surface area contributed by atoms with Gasteiger partial charge in [0.25, 0.3) is 0 Å². The van der Waals surface area contributed by atoms with E-state index >= 15 is 0 Å². The maximum Gasteiger partial charge on any atom is 0.224 e. The molecule has 88 valence electrons. The lowest BCUT2D eigenvalue weighted by atomic mass is 10.1. The van der Waals surface area contributed by atoms with Crippen LogP contribution in [-0.2, 0) is 4.79 Å². The predicted molar refractivity (Wildman–Crippen MR) is 60.7 cm³/mol. The van der Waals surface area contributed by atoms with Crippen LogP contribution in [0.1, 0.15) is 37.5 Å². The van der Waals surface area contributed by atoms with Crippen molar-refractivity contribution in [2.24, 2.45) is 5.73 Å². The molecule has 1 fully saturated rings. The molecule has 4 heteroatoms. The van der Waals surface area contributed by atoms with Gasteiger partial charge in [-0.15, -0.1) is 0 Å². The van der Waals surface area contributed by atoms with Crippen molar-refractivity contribution in [1.29, 1.82) is 0 Å². The van der Waals surface area contributed by atoms with Gasteiger partial charge < -0.3 is 15.1 Å². The normalized spacial score (nSPS) is 18.4. The van der Waals surface area contributed by atoms with Crippen LogP contribution < -0.4 is 5.73 Å². The van der Waals surface area contributed by atoms with E-state index in [2.05, 4.69) is 0 Å². The molecule has 16 heavy (non-hydrogen) atoms. The Labute approximate surface area is 95.4 Å². The smallest absolute Gasteiger partial charge is 0.224 e. The fourth-order valence-corrected chi connectivity index (χ4v) is 2.06. The minimum atomic E-state index is -0.315. The van der Waals surface area contributed by atoms with Gasteiger partial charge in [-0.1, -0.05) is 0 Å². The molecule has 0 aliphatic carbocycles. The topological polar surface area (TPSA) is 59.5 Å². The molecule has 0 bridgehead atoms. The molecule has 1 amide bonds. The SMILES string of the molecule is NC(CC(=O)N1CCCCC1)c1ccco1. The number of rotatable bonds is 3. The lowest BCUT2D eigenvalue weighted by Gasteiger charge is -2.27. The molecule has 2 heterocycles. The first kappa shape index (κ1) is 11.2. The fourth-order valence-electron chi connectivity index (χ4n) is 2.06. The van der Waals surface area contributed by atoms with Crippen molar-refractivity contribution in [2.75, 3.05) is 13.1 Å². The highest BCUT2D eigenvalue weighted by atomic mass is 16.3. The van der Waals surface area contributed by atoms with Gasteiger partial charge in [0.05, 0.1) is 12.3 Å². The average Bonchev–Trinajstić information content (AvgIpc) is 2.83. The molecule has 1 saturated heterocycles. The van der Waals surface area contributed by atoms with Crippen molar-refractivity contribution < 1.29 is 9.21 Å². The van der Waals surface area contributed by atoms with Crippen LogP contribution in [0.3, 0.4) is 0 Å². The lowest BCUT2D eigenvalue weighted by molar-refractivity contribution is -0.132. The second-order valence-electron chi connectivity index (χ2n) is 4.27. The number of likely N-dealkylation sites (tertiary alicyclic amines) is 1. The maximum atomic E-state index is 11.9. The van der Waals surface area contributed by atoms with Gasteiger partial charge in [-0.3, -0.25) is 4.79 Å². The second-order valence-corrected chi connectivity index (χ2v) is 4.27. The summed E-state index contributed by atoms with van der Waals surface area (Å²) >= 11 is 0. The number of carbonyl (C=O) groups excluding carboxylic acids is 1. The van der Waals surface area contributed by atoms with E-state index in [4.69, 9.17) is 10.2 Å². The zero-order valence-electron chi connectivity index (χ0n) is 9.39. The van der Waals surface area contributed by atoms with E-state index in [1.165, 1.54) is 6.42 Å². The zero-order valence-corrected chi connectivity index (χ0v) is 9.39. The van der Waals surface area contributed by atoms with Gasteiger partial charge in [0, 0.05) is 19.5 Å². The molecule has 1 aliphatic heterocycles. The highest BCUT2D eigenvalue weighted by Gasteiger charge is 2.20. The van der Waals surface area contributed by atoms with Crippen molar-refractivity contribution >= 4 is 5.91 Å². The van der Waals surface area contributed by atoms with E-state index in [0.29, 0.717) is 12.2 Å². The monoisotopic (exact) mass is 222 g/mol. The average molecular weight is 222 g/mol. The van der Waals surface area contributed by atoms with Crippen molar-refractivity contribution in [3.8, 4) is 0 Å². The third-order valence-electron chi connectivity index (χ3n) is 3.01. The Kier molecular flexibility index (Phi) is 3.62. The number of hydrogen-bond donors (Lipinski definition) is 1. The summed E-state index contributed by atoms with van der Waals surface area (Å²) in [7, 11) is 0. The standard InChI is InChI=1S/C12H18N2O2/c13-10(11-5-4-8-16-11)9-12(15)14-6-2-1-3-7-14/h4-5,8,10H,1-3,6-7,9,13H2. The van der Waals surface area contributed by atoms with Gasteiger partial charge in [-0.25, -0.2) is 0 Å². The summed E-state index contributed by atoms with van der Waals surface area (Å²) in [6.07, 6.45) is 5.38. The molecule has 1 aliphatic rings. The molecular weight excluding hydrogens is 204 g/mol. The Morgan fingerprint density at radius 3 is 2.81 bits per heavy atom. The third kappa shape index (κ3) is 2.64. The summed E-state index contributed by atoms with van der Waals surface area (Å²) in [5, 5.41) is 0. The number of hydrogen-bond acceptors (Lipinski definition) is 3. The summed E-state index contributed by atoms with van der Waals surface area (Å²) in [6.45, 7) is 1.76. The van der Waals surface area contributed by atoms with Crippen LogP contribution in [0.25, 0.3) is 0 Å². The summed E-state index contributed by atoms with van der Waals surface area (Å²) in [6, 6.07) is 3.29. The van der Waals surface area contributed by atoms with Gasteiger partial charge >= 0.3 is 0 Å². The summed E-state index contributed by atoms with van der Waals surface area (Å²) in [5.74, 6) is 0.828. The lowest BCUT2D eigenvalue weighted by Crippen LogP contribution is -2.37. The number of furan rings is 1. The van der Waals surface area contributed by atoms with Crippen LogP contribution in [0, 0.1) is 0 Å². The van der Waals surface area contributed by atoms with Crippen molar-refractivity contribution in [2.45, 2.75) is 31.7 Å². The first-order valence-electron chi connectivity index (χ1n) is 5.84. The van der Waals surface area contributed by atoms with Crippen molar-refractivity contribution in [3.63, 3.8) is 0 Å². The van der Waals surface area contributed by atoms with E-state index in [-0.39, 0.29) is 11.9 Å². The van der Waals surface area contributed by atoms with Crippen LogP contribution in [0.4, 0.5) is 0 Å². The predicted octanol–water partition coefficient (Wildman–Crippen LogP) is 1.68. The highest BCUT2D eigenvalue weighted by molar-refractivity contribution is 5.77. The molecule has 2 rings (SSSR count). The van der Waals surface area contributed by atoms with Crippen LogP contribution in [0.2, 0.25) is 0 Å². The first-order chi connectivity index (χ1) is 7.77. The molecule has 1 aromatic rings. The molecule has 1 unspecified atom stereocenters. The molecule has 4 nitrogen and oxygen atoms in total. The van der Waals surface area contributed by atoms with E-state index in [9.17, 15) is 4.79 Å². The summed E-state index contributed by atoms with van der Waals surface area (Å²) < 4.78 is 5.19. The van der Waals surface area contributed by atoms with Crippen molar-refractivity contribution in [1.82, 2.24) is 4.90 Å². The number of piperidine rings is 1. The number of nitrogens with two attached hydrogens (primary N) is 1. The highest BCUT2D eigenvalue weighted by Crippen LogP contribution is 2.17. The number of carbonyl (C=O) groups is 1. The molecule has 0 radical (unpaired) electrons. The van der Waals surface area contributed by atoms with Crippen molar-refractivity contribution in [3.05, 3.63) is 24.2 Å². The van der Waals surface area contributed by atoms with E-state index in [0.717, 1.165) is 25.9 Å². The molecule has 0 spiro atoms. The third-order valence-corrected chi connectivity index (χ3v) is 3.01. The zero-order chi connectivity index (χ0) is 11.4. The number of nitrogens with zero attached hydrogens (tertiary/aromatic N) is 1. The quantitative estimate of drug-likeness (QED) is 0.846. The summed E-state index contributed by atoms with van der Waals surface area (Å²) in [5.41, 5.74) is 5.91. The first-order valence-corrected chi connectivity index (χ1v) is 5.84. The Balaban J connectivity index is 1.86. The van der Waals surface area contributed by atoms with Gasteiger partial charge in [-0.2, -0.15) is 0 Å². The van der Waals surface area contributed by atoms with E-state index in [1.54, 1.807) is 12.3 Å². The number of amides is 1. The molecular formula is C12H18N2O2. The summed E-state index contributed by atoms with van der Waals surface area (Å²) in [4.78, 5) is 13.8. The molecule has 1 aromatic heterocycles. The molecule has 0 aromatic carbocycles. The maximum absolute atomic E-state index is 11.9. The molecule has 2 N–H and O–H groups in total.